The van der Waals surface area contributed by atoms with E-state index in [1.54, 1.807) is 6.20 Å². The Morgan fingerprint density at radius 2 is 2.03 bits per heavy atom. The van der Waals surface area contributed by atoms with Gasteiger partial charge in [-0.2, -0.15) is 0 Å². The lowest BCUT2D eigenvalue weighted by atomic mass is 9.74. The Labute approximate surface area is 172 Å². The van der Waals surface area contributed by atoms with Gasteiger partial charge >= 0.3 is 0 Å². The van der Waals surface area contributed by atoms with Crippen LogP contribution in [0.1, 0.15) is 38.2 Å². The molecule has 5 heteroatoms. The van der Waals surface area contributed by atoms with Gasteiger partial charge < -0.3 is 10.2 Å². The predicted octanol–water partition coefficient (Wildman–Crippen LogP) is 3.45. The van der Waals surface area contributed by atoms with E-state index in [0.717, 1.165) is 48.9 Å². The van der Waals surface area contributed by atoms with Crippen LogP contribution in [0.2, 0.25) is 0 Å². The molecular weight excluding hydrogens is 362 g/mol. The van der Waals surface area contributed by atoms with Gasteiger partial charge in [-0.1, -0.05) is 30.3 Å². The van der Waals surface area contributed by atoms with Crippen LogP contribution in [0.5, 0.6) is 0 Å². The van der Waals surface area contributed by atoms with E-state index in [-0.39, 0.29) is 17.7 Å². The van der Waals surface area contributed by atoms with Crippen LogP contribution in [-0.2, 0) is 16.0 Å². The third kappa shape index (κ3) is 4.34. The molecule has 1 aliphatic carbocycles. The van der Waals surface area contributed by atoms with Crippen molar-refractivity contribution in [2.45, 2.75) is 39.0 Å². The Balaban J connectivity index is 1.61. The Bertz CT molecular complexity index is 879. The first-order chi connectivity index (χ1) is 14.1. The second-order valence-electron chi connectivity index (χ2n) is 8.40. The number of hydrogen-bond acceptors (Lipinski definition) is 3. The number of amides is 2. The minimum atomic E-state index is -0.563. The first kappa shape index (κ1) is 19.6. The molecule has 152 valence electrons. The molecule has 0 radical (unpaired) electrons. The van der Waals surface area contributed by atoms with E-state index in [1.807, 2.05) is 36.2 Å². The maximum Gasteiger partial charge on any atom is 0.228 e. The van der Waals surface area contributed by atoms with Crippen molar-refractivity contribution in [1.82, 2.24) is 15.2 Å². The molecule has 2 fully saturated rings. The average molecular weight is 392 g/mol. The minimum Gasteiger partial charge on any atom is -0.356 e. The number of benzene rings is 1. The first-order valence-electron chi connectivity index (χ1n) is 10.7. The van der Waals surface area contributed by atoms with E-state index in [9.17, 15) is 9.59 Å². The Kier molecular flexibility index (Phi) is 5.65. The molecule has 0 bridgehead atoms. The minimum absolute atomic E-state index is 0.0695. The van der Waals surface area contributed by atoms with Gasteiger partial charge in [-0.05, 0) is 61.8 Å². The number of likely N-dealkylation sites (tertiary alicyclic amines) is 1. The second-order valence-corrected chi connectivity index (χ2v) is 8.40. The third-order valence-corrected chi connectivity index (χ3v) is 6.10. The standard InChI is InChI=1S/C24H29N3O2/c1-2-26-23(29)24(11-5-13-27(17-24)22(28)19-9-10-19)15-18-6-3-7-20(14-18)21-8-4-12-25-16-21/h3-4,6-8,12,14,16,19H,2,5,9-11,13,15,17H2,1H3,(H,26,29)/t24-/m1/s1. The van der Waals surface area contributed by atoms with Gasteiger partial charge in [0, 0.05) is 37.9 Å². The third-order valence-electron chi connectivity index (χ3n) is 6.10. The fourth-order valence-corrected chi connectivity index (χ4v) is 4.45. The molecule has 1 N–H and O–H groups in total. The lowest BCUT2D eigenvalue weighted by molar-refractivity contribution is -0.142. The molecular formula is C24H29N3O2. The molecule has 1 aliphatic heterocycles. The van der Waals surface area contributed by atoms with Crippen LogP contribution >= 0.6 is 0 Å². The van der Waals surface area contributed by atoms with E-state index >= 15 is 0 Å². The van der Waals surface area contributed by atoms with Gasteiger partial charge in [0.25, 0.3) is 0 Å². The van der Waals surface area contributed by atoms with E-state index in [0.29, 0.717) is 19.5 Å². The van der Waals surface area contributed by atoms with Crippen molar-refractivity contribution in [1.29, 1.82) is 0 Å². The van der Waals surface area contributed by atoms with Crippen molar-refractivity contribution >= 4 is 11.8 Å². The number of carbonyl (C=O) groups is 2. The Morgan fingerprint density at radius 1 is 1.21 bits per heavy atom. The zero-order valence-electron chi connectivity index (χ0n) is 17.1. The largest absolute Gasteiger partial charge is 0.356 e. The van der Waals surface area contributed by atoms with Crippen LogP contribution < -0.4 is 5.32 Å². The van der Waals surface area contributed by atoms with Gasteiger partial charge in [0.05, 0.1) is 5.41 Å². The van der Waals surface area contributed by atoms with Crippen LogP contribution in [0.15, 0.2) is 48.8 Å². The fraction of sp³-hybridized carbons (Fsp3) is 0.458. The van der Waals surface area contributed by atoms with Crippen molar-refractivity contribution in [3.8, 4) is 11.1 Å². The number of rotatable bonds is 6. The van der Waals surface area contributed by atoms with Crippen LogP contribution in [0.4, 0.5) is 0 Å². The summed E-state index contributed by atoms with van der Waals surface area (Å²) in [6.07, 6.45) is 7.94. The number of piperidine rings is 1. The highest BCUT2D eigenvalue weighted by molar-refractivity contribution is 5.86. The molecule has 2 amide bonds. The van der Waals surface area contributed by atoms with Gasteiger partial charge in [0.1, 0.15) is 0 Å². The highest BCUT2D eigenvalue weighted by atomic mass is 16.2. The van der Waals surface area contributed by atoms with E-state index in [4.69, 9.17) is 0 Å². The number of pyridine rings is 1. The number of hydrogen-bond donors (Lipinski definition) is 1. The van der Waals surface area contributed by atoms with Gasteiger partial charge in [-0.15, -0.1) is 0 Å². The highest BCUT2D eigenvalue weighted by Gasteiger charge is 2.45. The van der Waals surface area contributed by atoms with Crippen LogP contribution in [0.25, 0.3) is 11.1 Å². The van der Waals surface area contributed by atoms with E-state index in [2.05, 4.69) is 28.5 Å². The van der Waals surface area contributed by atoms with Crippen molar-refractivity contribution in [2.75, 3.05) is 19.6 Å². The summed E-state index contributed by atoms with van der Waals surface area (Å²) in [5.41, 5.74) is 2.73. The summed E-state index contributed by atoms with van der Waals surface area (Å²) in [6, 6.07) is 12.3. The van der Waals surface area contributed by atoms with Gasteiger partial charge in [0.2, 0.25) is 11.8 Å². The number of nitrogens with one attached hydrogen (secondary N) is 1. The maximum atomic E-state index is 13.2. The molecule has 1 aromatic carbocycles. The monoisotopic (exact) mass is 391 g/mol. The molecule has 1 atom stereocenters. The lowest BCUT2D eigenvalue weighted by Gasteiger charge is -2.42. The van der Waals surface area contributed by atoms with Crippen molar-refractivity contribution in [3.05, 3.63) is 54.4 Å². The predicted molar refractivity (Wildman–Crippen MR) is 113 cm³/mol. The van der Waals surface area contributed by atoms with Gasteiger partial charge in [-0.25, -0.2) is 0 Å². The molecule has 0 spiro atoms. The summed E-state index contributed by atoms with van der Waals surface area (Å²) in [4.78, 5) is 32.0. The van der Waals surface area contributed by atoms with Crippen molar-refractivity contribution in [2.24, 2.45) is 11.3 Å². The zero-order valence-corrected chi connectivity index (χ0v) is 17.1. The number of carbonyl (C=O) groups excluding carboxylic acids is 2. The average Bonchev–Trinajstić information content (AvgIpc) is 3.60. The van der Waals surface area contributed by atoms with E-state index < -0.39 is 5.41 Å². The summed E-state index contributed by atoms with van der Waals surface area (Å²) in [6.45, 7) is 3.84. The molecule has 1 saturated heterocycles. The molecule has 29 heavy (non-hydrogen) atoms. The summed E-state index contributed by atoms with van der Waals surface area (Å²) in [5.74, 6) is 0.497. The first-order valence-corrected chi connectivity index (χ1v) is 10.7. The SMILES string of the molecule is CCNC(=O)[C@@]1(Cc2cccc(-c3cccnc3)c2)CCCN(C(=O)C2CC2)C1. The zero-order chi connectivity index (χ0) is 20.3. The van der Waals surface area contributed by atoms with Crippen LogP contribution in [0, 0.1) is 11.3 Å². The Hall–Kier alpha value is -2.69. The van der Waals surface area contributed by atoms with Crippen molar-refractivity contribution in [3.63, 3.8) is 0 Å². The molecule has 2 aliphatic rings. The van der Waals surface area contributed by atoms with Gasteiger partial charge in [-0.3, -0.25) is 14.6 Å². The highest BCUT2D eigenvalue weighted by Crippen LogP contribution is 2.38. The quantitative estimate of drug-likeness (QED) is 0.820. The van der Waals surface area contributed by atoms with Gasteiger partial charge in [0.15, 0.2) is 0 Å². The lowest BCUT2D eigenvalue weighted by Crippen LogP contribution is -2.54. The summed E-state index contributed by atoms with van der Waals surface area (Å²) < 4.78 is 0. The molecule has 0 unspecified atom stereocenters. The fourth-order valence-electron chi connectivity index (χ4n) is 4.45. The molecule has 2 heterocycles. The summed E-state index contributed by atoms with van der Waals surface area (Å²) in [5, 5.41) is 3.04. The molecule has 2 aromatic rings. The molecule has 5 nitrogen and oxygen atoms in total. The Morgan fingerprint density at radius 3 is 2.76 bits per heavy atom. The number of nitrogens with zero attached hydrogens (tertiary/aromatic N) is 2. The smallest absolute Gasteiger partial charge is 0.228 e. The molecule has 1 aromatic heterocycles. The number of aromatic nitrogens is 1. The van der Waals surface area contributed by atoms with Crippen LogP contribution in [0.3, 0.4) is 0 Å². The molecule has 1 saturated carbocycles. The normalized spacial score (nSPS) is 21.6. The summed E-state index contributed by atoms with van der Waals surface area (Å²) in [7, 11) is 0. The maximum absolute atomic E-state index is 13.2. The van der Waals surface area contributed by atoms with E-state index in [1.165, 1.54) is 0 Å². The topological polar surface area (TPSA) is 62.3 Å². The van der Waals surface area contributed by atoms with Crippen molar-refractivity contribution < 1.29 is 9.59 Å². The molecule has 4 rings (SSSR count). The van der Waals surface area contributed by atoms with Crippen LogP contribution in [-0.4, -0.2) is 41.3 Å². The summed E-state index contributed by atoms with van der Waals surface area (Å²) >= 11 is 0. The second kappa shape index (κ2) is 8.36.